The predicted octanol–water partition coefficient (Wildman–Crippen LogP) is 0.177. The van der Waals surface area contributed by atoms with Gasteiger partial charge in [0.2, 0.25) is 10.4 Å². The average Bonchev–Trinajstić information content (AvgIpc) is 2.70. The molecule has 0 saturated carbocycles. The first-order valence-corrected chi connectivity index (χ1v) is 6.37. The smallest absolute Gasteiger partial charge is 0.252 e. The lowest BCUT2D eigenvalue weighted by Gasteiger charge is -2.02. The van der Waals surface area contributed by atoms with Crippen molar-refractivity contribution in [3.05, 3.63) is 17.7 Å². The van der Waals surface area contributed by atoms with E-state index in [0.717, 1.165) is 23.9 Å². The van der Waals surface area contributed by atoms with Gasteiger partial charge in [0.1, 0.15) is 4.90 Å². The highest BCUT2D eigenvalue weighted by Gasteiger charge is 2.17. The van der Waals surface area contributed by atoms with E-state index in [4.69, 9.17) is 11.6 Å². The van der Waals surface area contributed by atoms with E-state index in [-0.39, 0.29) is 15.3 Å². The number of nitrogens with one attached hydrogen (secondary N) is 1. The van der Waals surface area contributed by atoms with E-state index in [1.165, 1.54) is 0 Å². The molecule has 1 N–H and O–H groups in total. The van der Waals surface area contributed by atoms with Gasteiger partial charge in [-0.15, -0.1) is 0 Å². The van der Waals surface area contributed by atoms with Crippen LogP contribution >= 0.6 is 23.1 Å². The molecule has 8 nitrogen and oxygen atoms in total. The number of nitrogens with zero attached hydrogens (tertiary/aromatic N) is 5. The second-order valence-corrected chi connectivity index (χ2v) is 5.21. The molecule has 2 aromatic heterocycles. The molecule has 0 aliphatic rings. The summed E-state index contributed by atoms with van der Waals surface area (Å²) >= 11 is 6.25. The molecule has 0 aliphatic carbocycles. The summed E-state index contributed by atoms with van der Waals surface area (Å²) in [5.41, 5.74) is 0. The van der Waals surface area contributed by atoms with Crippen LogP contribution in [0.25, 0.3) is 0 Å². The molecule has 0 unspecified atom stereocenters. The molecule has 0 fully saturated rings. The van der Waals surface area contributed by atoms with Gasteiger partial charge in [0.15, 0.2) is 0 Å². The maximum absolute atomic E-state index is 11.7. The van der Waals surface area contributed by atoms with Gasteiger partial charge in [-0.2, -0.15) is 0 Å². The first-order chi connectivity index (χ1) is 7.58. The Balaban J connectivity index is 2.29. The minimum Gasteiger partial charge on any atom is -0.252 e. The Morgan fingerprint density at radius 3 is 2.56 bits per heavy atom. The van der Waals surface area contributed by atoms with Crippen LogP contribution in [-0.2, 0) is 10.0 Å². The summed E-state index contributed by atoms with van der Waals surface area (Å²) in [4.78, 5) is 7.00. The molecule has 11 heteroatoms. The van der Waals surface area contributed by atoms with Crippen molar-refractivity contribution in [3.63, 3.8) is 0 Å². The Morgan fingerprint density at radius 1 is 1.31 bits per heavy atom. The molecule has 0 amide bonds. The summed E-state index contributed by atoms with van der Waals surface area (Å²) in [6.07, 6.45) is 2.18. The van der Waals surface area contributed by atoms with Gasteiger partial charge in [-0.25, -0.2) is 18.4 Å². The zero-order valence-corrected chi connectivity index (χ0v) is 9.79. The van der Waals surface area contributed by atoms with Crippen molar-refractivity contribution in [1.29, 1.82) is 0 Å². The molecule has 2 heterocycles. The fraction of sp³-hybridized carbons (Fsp3) is 0. The molecule has 0 spiro atoms. The van der Waals surface area contributed by atoms with Crippen LogP contribution in [0.1, 0.15) is 0 Å². The quantitative estimate of drug-likeness (QED) is 0.797. The van der Waals surface area contributed by atoms with E-state index >= 15 is 0 Å². The van der Waals surface area contributed by atoms with Gasteiger partial charge >= 0.3 is 0 Å². The summed E-state index contributed by atoms with van der Waals surface area (Å²) in [6, 6.07) is 0. The second-order valence-electron chi connectivity index (χ2n) is 2.46. The first-order valence-electron chi connectivity index (χ1n) is 3.73. The van der Waals surface area contributed by atoms with Crippen LogP contribution in [0.4, 0.5) is 5.13 Å². The minimum absolute atomic E-state index is 0.0310. The summed E-state index contributed by atoms with van der Waals surface area (Å²) in [6.45, 7) is 0. The molecule has 2 aromatic rings. The molecule has 0 saturated heterocycles. The maximum Gasteiger partial charge on any atom is 0.266 e. The number of hydrogen-bond acceptors (Lipinski definition) is 8. The highest BCUT2D eigenvalue weighted by molar-refractivity contribution is 7.92. The number of rotatable bonds is 3. The topological polar surface area (TPSA) is 111 Å². The van der Waals surface area contributed by atoms with Crippen LogP contribution in [0.15, 0.2) is 17.3 Å². The summed E-state index contributed by atoms with van der Waals surface area (Å²) in [5.74, 6) is 0. The molecule has 0 radical (unpaired) electrons. The normalized spacial score (nSPS) is 11.3. The molecular weight excluding hydrogens is 276 g/mol. The van der Waals surface area contributed by atoms with E-state index in [9.17, 15) is 8.42 Å². The molecule has 84 valence electrons. The van der Waals surface area contributed by atoms with E-state index < -0.39 is 10.0 Å². The predicted molar refractivity (Wildman–Crippen MR) is 55.6 cm³/mol. The van der Waals surface area contributed by atoms with Crippen molar-refractivity contribution in [2.75, 3.05) is 4.72 Å². The van der Waals surface area contributed by atoms with Gasteiger partial charge in [-0.3, -0.25) is 4.72 Å². The van der Waals surface area contributed by atoms with Gasteiger partial charge in [0.05, 0.1) is 12.4 Å². The Morgan fingerprint density at radius 2 is 2.00 bits per heavy atom. The standard InChI is InChI=1S/C5H3ClN6O2S2/c6-4-7-1-3(2-8-4)16(13,14)10-5-9-11-12-15-5/h1-2H,(H,9,10,12). The monoisotopic (exact) mass is 278 g/mol. The van der Waals surface area contributed by atoms with Gasteiger partial charge in [-0.1, -0.05) is 9.59 Å². The van der Waals surface area contributed by atoms with Gasteiger partial charge in [0, 0.05) is 11.5 Å². The molecule has 2 rings (SSSR count). The third kappa shape index (κ3) is 2.40. The fourth-order valence-electron chi connectivity index (χ4n) is 0.786. The van der Waals surface area contributed by atoms with Crippen molar-refractivity contribution >= 4 is 38.3 Å². The lowest BCUT2D eigenvalue weighted by atomic mass is 10.7. The first kappa shape index (κ1) is 11.1. The average molecular weight is 279 g/mol. The molecule has 0 aromatic carbocycles. The van der Waals surface area contributed by atoms with Crippen molar-refractivity contribution in [3.8, 4) is 0 Å². The van der Waals surface area contributed by atoms with Crippen LogP contribution in [-0.4, -0.2) is 33.2 Å². The van der Waals surface area contributed by atoms with Crippen LogP contribution < -0.4 is 4.72 Å². The van der Waals surface area contributed by atoms with Crippen LogP contribution in [0.5, 0.6) is 0 Å². The molecule has 0 aliphatic heterocycles. The lowest BCUT2D eigenvalue weighted by Crippen LogP contribution is -2.13. The highest BCUT2D eigenvalue weighted by atomic mass is 35.5. The van der Waals surface area contributed by atoms with Crippen LogP contribution in [0, 0.1) is 0 Å². The number of aromatic nitrogens is 5. The number of anilines is 1. The summed E-state index contributed by atoms with van der Waals surface area (Å²) < 4.78 is 29.0. The van der Waals surface area contributed by atoms with Crippen molar-refractivity contribution in [2.45, 2.75) is 4.90 Å². The Kier molecular flexibility index (Phi) is 2.94. The van der Waals surface area contributed by atoms with Gasteiger partial charge in [0.25, 0.3) is 10.0 Å². The van der Waals surface area contributed by atoms with E-state index in [2.05, 4.69) is 29.5 Å². The third-order valence-electron chi connectivity index (χ3n) is 1.43. The van der Waals surface area contributed by atoms with Crippen molar-refractivity contribution in [2.24, 2.45) is 0 Å². The second kappa shape index (κ2) is 4.23. The minimum atomic E-state index is -3.77. The Labute approximate surface area is 98.9 Å². The van der Waals surface area contributed by atoms with Crippen molar-refractivity contribution < 1.29 is 8.42 Å². The van der Waals surface area contributed by atoms with Crippen molar-refractivity contribution in [1.82, 2.24) is 24.8 Å². The molecule has 16 heavy (non-hydrogen) atoms. The number of hydrogen-bond donors (Lipinski definition) is 1. The zero-order chi connectivity index (χ0) is 11.6. The zero-order valence-electron chi connectivity index (χ0n) is 7.40. The molecule has 0 atom stereocenters. The Bertz CT molecular complexity index is 567. The SMILES string of the molecule is O=S(=O)(Nc1nnns1)c1cnc(Cl)nc1. The lowest BCUT2D eigenvalue weighted by molar-refractivity contribution is 0.600. The van der Waals surface area contributed by atoms with Gasteiger partial charge < -0.3 is 0 Å². The number of halogens is 1. The largest absolute Gasteiger partial charge is 0.266 e. The maximum atomic E-state index is 11.7. The van der Waals surface area contributed by atoms with E-state index in [0.29, 0.717) is 0 Å². The fourth-order valence-corrected chi connectivity index (χ4v) is 2.36. The number of sulfonamides is 1. The Hall–Kier alpha value is -1.39. The van der Waals surface area contributed by atoms with Gasteiger partial charge in [-0.05, 0) is 16.8 Å². The van der Waals surface area contributed by atoms with E-state index in [1.54, 1.807) is 0 Å². The summed E-state index contributed by atoms with van der Waals surface area (Å²) in [7, 11) is -3.77. The highest BCUT2D eigenvalue weighted by Crippen LogP contribution is 2.14. The molecule has 0 bridgehead atoms. The molecular formula is C5H3ClN6O2S2. The van der Waals surface area contributed by atoms with E-state index in [1.807, 2.05) is 0 Å². The third-order valence-corrected chi connectivity index (χ3v) is 3.56. The summed E-state index contributed by atoms with van der Waals surface area (Å²) in [5, 5.41) is 6.73. The van der Waals surface area contributed by atoms with Crippen LogP contribution in [0.3, 0.4) is 0 Å². The van der Waals surface area contributed by atoms with Crippen LogP contribution in [0.2, 0.25) is 5.28 Å².